The number of amides is 1. The van der Waals surface area contributed by atoms with Gasteiger partial charge in [-0.15, -0.1) is 0 Å². The van der Waals surface area contributed by atoms with E-state index in [1.54, 1.807) is 29.9 Å². The van der Waals surface area contributed by atoms with E-state index in [-0.39, 0.29) is 17.3 Å². The van der Waals surface area contributed by atoms with Crippen molar-refractivity contribution >= 4 is 28.3 Å². The molecule has 0 aliphatic heterocycles. The number of pyridine rings is 1. The van der Waals surface area contributed by atoms with E-state index >= 15 is 0 Å². The Morgan fingerprint density at radius 2 is 2.00 bits per heavy atom. The van der Waals surface area contributed by atoms with Gasteiger partial charge in [0.2, 0.25) is 0 Å². The van der Waals surface area contributed by atoms with Crippen molar-refractivity contribution in [1.29, 1.82) is 0 Å². The Kier molecular flexibility index (Phi) is 4.76. The lowest BCUT2D eigenvalue weighted by atomic mass is 10.0. The molecule has 0 unspecified atom stereocenters. The number of benzene rings is 1. The Labute approximate surface area is 155 Å². The fourth-order valence-corrected chi connectivity index (χ4v) is 2.87. The molecule has 3 rings (SSSR count). The number of carbonyl (C=O) groups excluding carboxylic acids is 1. The minimum Gasteiger partial charge on any atom is -0.292 e. The summed E-state index contributed by atoms with van der Waals surface area (Å²) in [7, 11) is 1.78. The average molecular weight is 368 g/mol. The predicted molar refractivity (Wildman–Crippen MR) is 102 cm³/mol. The van der Waals surface area contributed by atoms with Crippen molar-refractivity contribution in [3.05, 3.63) is 57.4 Å². The zero-order chi connectivity index (χ0) is 19.7. The van der Waals surface area contributed by atoms with Crippen LogP contribution < -0.4 is 10.9 Å². The van der Waals surface area contributed by atoms with E-state index in [4.69, 9.17) is 0 Å². The van der Waals surface area contributed by atoms with Crippen LogP contribution in [-0.4, -0.2) is 25.6 Å². The highest BCUT2D eigenvalue weighted by Gasteiger charge is 2.20. The summed E-state index contributed by atoms with van der Waals surface area (Å²) in [5, 5.41) is 16.1. The molecule has 0 fully saturated rings. The van der Waals surface area contributed by atoms with Gasteiger partial charge in [-0.3, -0.25) is 30.4 Å². The fraction of sp³-hybridized carbons (Fsp3) is 0.278. The minimum absolute atomic E-state index is 0.124. The molecule has 0 aliphatic rings. The van der Waals surface area contributed by atoms with Gasteiger partial charge in [-0.25, -0.2) is 4.98 Å². The number of nitro groups is 1. The number of nitrogens with one attached hydrogen (secondary N) is 2. The van der Waals surface area contributed by atoms with Crippen LogP contribution in [0, 0.1) is 17.0 Å². The second-order valence-corrected chi connectivity index (χ2v) is 6.51. The molecule has 140 valence electrons. The quantitative estimate of drug-likeness (QED) is 0.528. The molecule has 3 aromatic rings. The predicted octanol–water partition coefficient (Wildman–Crippen LogP) is 3.07. The highest BCUT2D eigenvalue weighted by atomic mass is 16.6. The summed E-state index contributed by atoms with van der Waals surface area (Å²) in [6.45, 7) is 5.79. The van der Waals surface area contributed by atoms with Crippen LogP contribution in [0.5, 0.6) is 0 Å². The summed E-state index contributed by atoms with van der Waals surface area (Å²) in [6.07, 6.45) is 0. The van der Waals surface area contributed by atoms with Gasteiger partial charge in [0.15, 0.2) is 5.65 Å². The SMILES string of the molecule is Cc1nn(C)c2nc(C(C)C)cc(C(=O)NNc3ccccc3[N+](=O)[O-])c12. The molecule has 0 saturated carbocycles. The van der Waals surface area contributed by atoms with Crippen molar-refractivity contribution in [3.8, 4) is 0 Å². The van der Waals surface area contributed by atoms with E-state index in [0.717, 1.165) is 5.69 Å². The van der Waals surface area contributed by atoms with Crippen LogP contribution in [0.1, 0.15) is 41.5 Å². The van der Waals surface area contributed by atoms with E-state index in [9.17, 15) is 14.9 Å². The zero-order valence-corrected chi connectivity index (χ0v) is 15.5. The standard InChI is InChI=1S/C18H20N6O3/c1-10(2)14-9-12(16-11(3)22-23(4)17(16)19-14)18(25)21-20-13-7-5-6-8-15(13)24(26)27/h5-10,20H,1-4H3,(H,21,25). The molecular formula is C18H20N6O3. The lowest BCUT2D eigenvalue weighted by Crippen LogP contribution is -2.30. The monoisotopic (exact) mass is 368 g/mol. The molecule has 2 aromatic heterocycles. The number of hydrogen-bond acceptors (Lipinski definition) is 6. The van der Waals surface area contributed by atoms with Gasteiger partial charge in [-0.1, -0.05) is 26.0 Å². The van der Waals surface area contributed by atoms with Crippen LogP contribution in [0.2, 0.25) is 0 Å². The van der Waals surface area contributed by atoms with Gasteiger partial charge in [-0.2, -0.15) is 5.10 Å². The van der Waals surface area contributed by atoms with Gasteiger partial charge in [-0.05, 0) is 25.0 Å². The van der Waals surface area contributed by atoms with Gasteiger partial charge in [0, 0.05) is 18.8 Å². The average Bonchev–Trinajstić information content (AvgIpc) is 2.93. The van der Waals surface area contributed by atoms with E-state index in [0.29, 0.717) is 22.3 Å². The van der Waals surface area contributed by atoms with Crippen molar-refractivity contribution in [2.45, 2.75) is 26.7 Å². The molecule has 0 saturated heterocycles. The van der Waals surface area contributed by atoms with Crippen molar-refractivity contribution in [2.24, 2.45) is 7.05 Å². The largest absolute Gasteiger partial charge is 0.294 e. The molecule has 0 aliphatic carbocycles. The first-order valence-electron chi connectivity index (χ1n) is 8.43. The Bertz CT molecular complexity index is 1040. The number of aryl methyl sites for hydroxylation is 2. The van der Waals surface area contributed by atoms with E-state index in [1.807, 2.05) is 20.8 Å². The fourth-order valence-electron chi connectivity index (χ4n) is 2.87. The van der Waals surface area contributed by atoms with Crippen molar-refractivity contribution in [3.63, 3.8) is 0 Å². The zero-order valence-electron chi connectivity index (χ0n) is 15.5. The van der Waals surface area contributed by atoms with E-state index < -0.39 is 10.8 Å². The van der Waals surface area contributed by atoms with Crippen molar-refractivity contribution in [2.75, 3.05) is 5.43 Å². The molecule has 27 heavy (non-hydrogen) atoms. The van der Waals surface area contributed by atoms with E-state index in [1.165, 1.54) is 12.1 Å². The number of fused-ring (bicyclic) bond motifs is 1. The Balaban J connectivity index is 1.98. The summed E-state index contributed by atoms with van der Waals surface area (Å²) in [5.74, 6) is -0.294. The summed E-state index contributed by atoms with van der Waals surface area (Å²) < 4.78 is 1.64. The maximum Gasteiger partial charge on any atom is 0.294 e. The summed E-state index contributed by atoms with van der Waals surface area (Å²) in [4.78, 5) is 28.0. The highest BCUT2D eigenvalue weighted by Crippen LogP contribution is 2.26. The number of rotatable bonds is 5. The number of nitrogens with zero attached hydrogens (tertiary/aromatic N) is 4. The first kappa shape index (κ1) is 18.3. The summed E-state index contributed by atoms with van der Waals surface area (Å²) in [5.41, 5.74) is 7.75. The van der Waals surface area contributed by atoms with Crippen LogP contribution in [0.3, 0.4) is 0 Å². The molecule has 0 bridgehead atoms. The lowest BCUT2D eigenvalue weighted by molar-refractivity contribution is -0.384. The lowest BCUT2D eigenvalue weighted by Gasteiger charge is -2.12. The Morgan fingerprint density at radius 1 is 1.30 bits per heavy atom. The maximum atomic E-state index is 12.8. The second-order valence-electron chi connectivity index (χ2n) is 6.51. The van der Waals surface area contributed by atoms with Gasteiger partial charge in [0.1, 0.15) is 5.69 Å². The highest BCUT2D eigenvalue weighted by molar-refractivity contribution is 6.07. The Morgan fingerprint density at radius 3 is 2.67 bits per heavy atom. The molecule has 2 N–H and O–H groups in total. The number of carbonyl (C=O) groups is 1. The molecule has 0 radical (unpaired) electrons. The van der Waals surface area contributed by atoms with Gasteiger partial charge >= 0.3 is 0 Å². The third-order valence-electron chi connectivity index (χ3n) is 4.24. The first-order valence-corrected chi connectivity index (χ1v) is 8.43. The molecular weight excluding hydrogens is 348 g/mol. The number of aromatic nitrogens is 3. The maximum absolute atomic E-state index is 12.8. The molecule has 0 spiro atoms. The van der Waals surface area contributed by atoms with Gasteiger partial charge in [0.25, 0.3) is 11.6 Å². The van der Waals surface area contributed by atoms with Crippen LogP contribution in [0.15, 0.2) is 30.3 Å². The van der Waals surface area contributed by atoms with Crippen LogP contribution >= 0.6 is 0 Å². The third kappa shape index (κ3) is 3.43. The molecule has 0 atom stereocenters. The normalized spacial score (nSPS) is 11.0. The van der Waals surface area contributed by atoms with Crippen molar-refractivity contribution < 1.29 is 9.72 Å². The van der Waals surface area contributed by atoms with Crippen LogP contribution in [-0.2, 0) is 7.05 Å². The first-order chi connectivity index (χ1) is 12.8. The van der Waals surface area contributed by atoms with Crippen LogP contribution in [0.4, 0.5) is 11.4 Å². The molecule has 2 heterocycles. The number of hydrazine groups is 1. The molecule has 1 amide bonds. The van der Waals surface area contributed by atoms with E-state index in [2.05, 4.69) is 20.9 Å². The van der Waals surface area contributed by atoms with Crippen LogP contribution in [0.25, 0.3) is 11.0 Å². The second kappa shape index (κ2) is 7.02. The Hall–Kier alpha value is -3.49. The summed E-state index contributed by atoms with van der Waals surface area (Å²) >= 11 is 0. The molecule has 9 heteroatoms. The van der Waals surface area contributed by atoms with Gasteiger partial charge in [0.05, 0.1) is 21.6 Å². The van der Waals surface area contributed by atoms with Crippen molar-refractivity contribution in [1.82, 2.24) is 20.2 Å². The third-order valence-corrected chi connectivity index (χ3v) is 4.24. The minimum atomic E-state index is -0.513. The summed E-state index contributed by atoms with van der Waals surface area (Å²) in [6, 6.07) is 7.83. The molecule has 9 nitrogen and oxygen atoms in total. The smallest absolute Gasteiger partial charge is 0.292 e. The van der Waals surface area contributed by atoms with Gasteiger partial charge < -0.3 is 0 Å². The number of anilines is 1. The number of hydrogen-bond donors (Lipinski definition) is 2. The topological polar surface area (TPSA) is 115 Å². The number of para-hydroxylation sites is 2. The molecule has 1 aromatic carbocycles. The number of nitro benzene ring substituents is 1.